The number of carbonyl (C=O) groups is 1. The fourth-order valence-electron chi connectivity index (χ4n) is 4.37. The number of ketones is 1. The summed E-state index contributed by atoms with van der Waals surface area (Å²) in [4.78, 5) is 15.4. The van der Waals surface area contributed by atoms with Gasteiger partial charge in [0.1, 0.15) is 18.2 Å². The van der Waals surface area contributed by atoms with Gasteiger partial charge in [-0.2, -0.15) is 0 Å². The van der Waals surface area contributed by atoms with Crippen molar-refractivity contribution in [3.8, 4) is 23.0 Å². The van der Waals surface area contributed by atoms with Crippen LogP contribution in [0.15, 0.2) is 60.4 Å². The minimum Gasteiger partial charge on any atom is -0.478 e. The van der Waals surface area contributed by atoms with Crippen LogP contribution in [0.25, 0.3) is 6.08 Å². The van der Waals surface area contributed by atoms with Gasteiger partial charge in [-0.1, -0.05) is 36.4 Å². The molecule has 3 heterocycles. The molecule has 0 radical (unpaired) electrons. The molecule has 3 aromatic carbocycles. The van der Waals surface area contributed by atoms with Crippen molar-refractivity contribution in [1.82, 2.24) is 4.90 Å². The first-order valence-electron chi connectivity index (χ1n) is 10.5. The summed E-state index contributed by atoms with van der Waals surface area (Å²) in [7, 11) is 0. The molecule has 0 N–H and O–H groups in total. The maximum absolute atomic E-state index is 13.2. The number of rotatable bonds is 3. The van der Waals surface area contributed by atoms with E-state index in [1.807, 2.05) is 49.4 Å². The van der Waals surface area contributed by atoms with Crippen molar-refractivity contribution in [3.63, 3.8) is 0 Å². The number of ether oxygens (including phenoxy) is 4. The fraction of sp³-hybridized carbons (Fsp3) is 0.192. The van der Waals surface area contributed by atoms with E-state index in [1.165, 1.54) is 5.56 Å². The van der Waals surface area contributed by atoms with Gasteiger partial charge in [0.25, 0.3) is 0 Å². The third-order valence-corrected chi connectivity index (χ3v) is 5.93. The Morgan fingerprint density at radius 2 is 1.81 bits per heavy atom. The van der Waals surface area contributed by atoms with Crippen molar-refractivity contribution in [3.05, 3.63) is 88.2 Å². The van der Waals surface area contributed by atoms with Crippen LogP contribution in [0.1, 0.15) is 32.6 Å². The standard InChI is InChI=1S/C26H21NO5/c1-16-9-21-19(13-27(14-29-21)12-17-5-3-2-4-6-17)26-24(16)25(28)23(32-26)11-18-7-8-20-22(10-18)31-15-30-20/h2-11H,12-15H2,1H3/b23-11-. The zero-order valence-corrected chi connectivity index (χ0v) is 17.6. The lowest BCUT2D eigenvalue weighted by molar-refractivity contribution is 0.0872. The van der Waals surface area contributed by atoms with Gasteiger partial charge in [0.05, 0.1) is 11.1 Å². The second-order valence-electron chi connectivity index (χ2n) is 8.17. The van der Waals surface area contributed by atoms with Gasteiger partial charge in [0, 0.05) is 13.1 Å². The van der Waals surface area contributed by atoms with E-state index < -0.39 is 0 Å². The summed E-state index contributed by atoms with van der Waals surface area (Å²) in [5.74, 6) is 2.95. The van der Waals surface area contributed by atoms with E-state index in [0.29, 0.717) is 41.8 Å². The monoisotopic (exact) mass is 427 g/mol. The minimum absolute atomic E-state index is 0.113. The Kier molecular flexibility index (Phi) is 4.40. The fourth-order valence-corrected chi connectivity index (χ4v) is 4.37. The van der Waals surface area contributed by atoms with Crippen LogP contribution in [0.5, 0.6) is 23.0 Å². The van der Waals surface area contributed by atoms with E-state index in [2.05, 4.69) is 17.0 Å². The number of hydrogen-bond donors (Lipinski definition) is 0. The number of aryl methyl sites for hydroxylation is 1. The molecule has 6 nitrogen and oxygen atoms in total. The Bertz CT molecular complexity index is 1260. The van der Waals surface area contributed by atoms with Crippen LogP contribution in [0.4, 0.5) is 0 Å². The number of benzene rings is 3. The molecule has 0 saturated carbocycles. The van der Waals surface area contributed by atoms with Crippen LogP contribution in [-0.2, 0) is 13.1 Å². The first kappa shape index (κ1) is 19.0. The highest BCUT2D eigenvalue weighted by Gasteiger charge is 2.35. The number of carbonyl (C=O) groups excluding carboxylic acids is 1. The summed E-state index contributed by atoms with van der Waals surface area (Å²) in [6.45, 7) is 4.03. The van der Waals surface area contributed by atoms with E-state index in [4.69, 9.17) is 18.9 Å². The predicted octanol–water partition coefficient (Wildman–Crippen LogP) is 4.69. The van der Waals surface area contributed by atoms with E-state index >= 15 is 0 Å². The number of nitrogens with zero attached hydrogens (tertiary/aromatic N) is 1. The van der Waals surface area contributed by atoms with Crippen molar-refractivity contribution >= 4 is 11.9 Å². The van der Waals surface area contributed by atoms with Gasteiger partial charge in [-0.25, -0.2) is 0 Å². The minimum atomic E-state index is -0.113. The Morgan fingerprint density at radius 3 is 2.69 bits per heavy atom. The third kappa shape index (κ3) is 3.20. The largest absolute Gasteiger partial charge is 0.478 e. The molecule has 0 unspecified atom stereocenters. The lowest BCUT2D eigenvalue weighted by Crippen LogP contribution is -2.31. The molecular formula is C26H21NO5. The highest BCUT2D eigenvalue weighted by Crippen LogP contribution is 2.44. The van der Waals surface area contributed by atoms with Crippen LogP contribution < -0.4 is 18.9 Å². The third-order valence-electron chi connectivity index (χ3n) is 5.93. The van der Waals surface area contributed by atoms with Crippen molar-refractivity contribution in [1.29, 1.82) is 0 Å². The number of allylic oxidation sites excluding steroid dienone is 1. The zero-order chi connectivity index (χ0) is 21.7. The first-order chi connectivity index (χ1) is 15.7. The zero-order valence-electron chi connectivity index (χ0n) is 17.6. The lowest BCUT2D eigenvalue weighted by atomic mass is 9.98. The van der Waals surface area contributed by atoms with Gasteiger partial charge in [0.2, 0.25) is 12.6 Å². The normalized spacial score (nSPS) is 17.7. The summed E-state index contributed by atoms with van der Waals surface area (Å²) in [5.41, 5.74) is 4.41. The van der Waals surface area contributed by atoms with Crippen LogP contribution >= 0.6 is 0 Å². The molecule has 3 aromatic rings. The Balaban J connectivity index is 1.32. The van der Waals surface area contributed by atoms with E-state index in [0.717, 1.165) is 29.0 Å². The Hall–Kier alpha value is -3.77. The van der Waals surface area contributed by atoms with Crippen LogP contribution in [-0.4, -0.2) is 24.2 Å². The van der Waals surface area contributed by atoms with Gasteiger partial charge in [0.15, 0.2) is 17.3 Å². The molecule has 160 valence electrons. The predicted molar refractivity (Wildman–Crippen MR) is 118 cm³/mol. The molecule has 6 rings (SSSR count). The Labute approximate surface area is 185 Å². The first-order valence-corrected chi connectivity index (χ1v) is 10.5. The smallest absolute Gasteiger partial charge is 0.232 e. The molecule has 0 bridgehead atoms. The van der Waals surface area contributed by atoms with E-state index in [1.54, 1.807) is 6.08 Å². The molecule has 0 fully saturated rings. The topological polar surface area (TPSA) is 57.2 Å². The average Bonchev–Trinajstić information content (AvgIpc) is 3.40. The molecule has 0 amide bonds. The van der Waals surface area contributed by atoms with Gasteiger partial charge in [-0.15, -0.1) is 0 Å². The van der Waals surface area contributed by atoms with E-state index in [9.17, 15) is 4.79 Å². The van der Waals surface area contributed by atoms with Gasteiger partial charge >= 0.3 is 0 Å². The molecule has 0 aromatic heterocycles. The molecule has 6 heteroatoms. The summed E-state index contributed by atoms with van der Waals surface area (Å²) in [6, 6.07) is 17.8. The second kappa shape index (κ2) is 7.43. The van der Waals surface area contributed by atoms with Gasteiger partial charge < -0.3 is 18.9 Å². The van der Waals surface area contributed by atoms with Crippen molar-refractivity contribution in [2.24, 2.45) is 0 Å². The molecule has 3 aliphatic heterocycles. The van der Waals surface area contributed by atoms with E-state index in [-0.39, 0.29) is 12.6 Å². The van der Waals surface area contributed by atoms with Crippen molar-refractivity contribution in [2.75, 3.05) is 13.5 Å². The molecule has 32 heavy (non-hydrogen) atoms. The SMILES string of the molecule is Cc1cc2c(c3c1C(=O)/C(=C/c1ccc4c(c1)OCO4)O3)CN(Cc1ccccc1)CO2. The molecular weight excluding hydrogens is 406 g/mol. The highest BCUT2D eigenvalue weighted by molar-refractivity contribution is 6.16. The number of hydrogen-bond acceptors (Lipinski definition) is 6. The maximum atomic E-state index is 13.2. The summed E-state index contributed by atoms with van der Waals surface area (Å²) in [6.07, 6.45) is 1.75. The molecule has 0 atom stereocenters. The lowest BCUT2D eigenvalue weighted by Gasteiger charge is -2.30. The summed E-state index contributed by atoms with van der Waals surface area (Å²) >= 11 is 0. The van der Waals surface area contributed by atoms with Gasteiger partial charge in [-0.05, 0) is 47.9 Å². The number of fused-ring (bicyclic) bond motifs is 4. The second-order valence-corrected chi connectivity index (χ2v) is 8.17. The van der Waals surface area contributed by atoms with Crippen molar-refractivity contribution in [2.45, 2.75) is 20.0 Å². The molecule has 0 aliphatic carbocycles. The van der Waals surface area contributed by atoms with Gasteiger partial charge in [-0.3, -0.25) is 9.69 Å². The molecule has 0 saturated heterocycles. The summed E-state index contributed by atoms with van der Waals surface area (Å²) < 4.78 is 23.0. The highest BCUT2D eigenvalue weighted by atomic mass is 16.7. The quantitative estimate of drug-likeness (QED) is 0.565. The Morgan fingerprint density at radius 1 is 0.969 bits per heavy atom. The van der Waals surface area contributed by atoms with Crippen LogP contribution in [0.2, 0.25) is 0 Å². The molecule has 3 aliphatic rings. The van der Waals surface area contributed by atoms with Crippen LogP contribution in [0.3, 0.4) is 0 Å². The summed E-state index contributed by atoms with van der Waals surface area (Å²) in [5, 5.41) is 0. The maximum Gasteiger partial charge on any atom is 0.232 e. The van der Waals surface area contributed by atoms with Crippen LogP contribution in [0, 0.1) is 6.92 Å². The number of Topliss-reactive ketones (excluding diaryl/α,β-unsaturated/α-hetero) is 1. The molecule has 0 spiro atoms. The average molecular weight is 427 g/mol. The van der Waals surface area contributed by atoms with Crippen molar-refractivity contribution < 1.29 is 23.7 Å².